The number of hydrogen-bond acceptors (Lipinski definition) is 9. The number of halogens is 1. The van der Waals surface area contributed by atoms with E-state index in [9.17, 15) is 9.59 Å². The molecule has 0 unspecified atom stereocenters. The highest BCUT2D eigenvalue weighted by Crippen LogP contribution is 2.32. The van der Waals surface area contributed by atoms with E-state index in [1.165, 1.54) is 38.7 Å². The fraction of sp³-hybridized carbons (Fsp3) is 0.143. The smallest absolute Gasteiger partial charge is 0.337 e. The lowest BCUT2D eigenvalue weighted by atomic mass is 10.1. The number of aromatic nitrogens is 2. The van der Waals surface area contributed by atoms with Gasteiger partial charge in [-0.15, -0.1) is 0 Å². The number of nitrogen functional groups attached to an aromatic ring is 1. The summed E-state index contributed by atoms with van der Waals surface area (Å²) in [7, 11) is 2.48. The van der Waals surface area contributed by atoms with Gasteiger partial charge in [-0.1, -0.05) is 11.6 Å². The van der Waals surface area contributed by atoms with Gasteiger partial charge in [0.25, 0.3) is 0 Å². The van der Waals surface area contributed by atoms with Crippen molar-refractivity contribution in [2.24, 2.45) is 0 Å². The van der Waals surface area contributed by atoms with E-state index in [1.54, 1.807) is 18.2 Å². The van der Waals surface area contributed by atoms with Gasteiger partial charge in [0.15, 0.2) is 5.82 Å². The predicted molar refractivity (Wildman–Crippen MR) is 115 cm³/mol. The Morgan fingerprint density at radius 3 is 2.23 bits per heavy atom. The first-order valence-corrected chi connectivity index (χ1v) is 9.33. The molecule has 0 atom stereocenters. The fourth-order valence-electron chi connectivity index (χ4n) is 2.66. The second-order valence-electron chi connectivity index (χ2n) is 6.36. The Bertz CT molecular complexity index is 1120. The number of carbonyl (C=O) groups is 2. The number of hydrogen-bond donors (Lipinski definition) is 2. The molecule has 0 aliphatic carbocycles. The van der Waals surface area contributed by atoms with Gasteiger partial charge in [0.2, 0.25) is 5.88 Å². The Kier molecular flexibility index (Phi) is 6.56. The number of nitrogens with one attached hydrogen (secondary N) is 1. The van der Waals surface area contributed by atoms with Crippen molar-refractivity contribution in [3.8, 4) is 11.6 Å². The van der Waals surface area contributed by atoms with Crippen molar-refractivity contribution in [2.45, 2.75) is 6.92 Å². The van der Waals surface area contributed by atoms with Crippen LogP contribution in [0.1, 0.15) is 26.3 Å². The van der Waals surface area contributed by atoms with Crippen LogP contribution in [0.3, 0.4) is 0 Å². The van der Waals surface area contributed by atoms with E-state index < -0.39 is 11.9 Å². The summed E-state index contributed by atoms with van der Waals surface area (Å²) >= 11 is 6.04. The molecule has 9 nitrogen and oxygen atoms in total. The van der Waals surface area contributed by atoms with Crippen LogP contribution in [0.25, 0.3) is 0 Å². The van der Waals surface area contributed by atoms with Crippen LogP contribution in [0, 0.1) is 6.92 Å². The molecule has 0 bridgehead atoms. The molecule has 1 aromatic heterocycles. The van der Waals surface area contributed by atoms with Crippen LogP contribution in [0.15, 0.2) is 42.7 Å². The third kappa shape index (κ3) is 5.01. The molecule has 3 rings (SSSR count). The zero-order chi connectivity index (χ0) is 22.5. The molecular formula is C21H19ClN4O5. The summed E-state index contributed by atoms with van der Waals surface area (Å²) in [4.78, 5) is 32.1. The highest BCUT2D eigenvalue weighted by atomic mass is 35.5. The number of rotatable bonds is 6. The first kappa shape index (κ1) is 21.8. The van der Waals surface area contributed by atoms with Crippen molar-refractivity contribution in [1.29, 1.82) is 0 Å². The van der Waals surface area contributed by atoms with Crippen molar-refractivity contribution in [3.05, 3.63) is 64.4 Å². The lowest BCUT2D eigenvalue weighted by molar-refractivity contribution is 0.0599. The van der Waals surface area contributed by atoms with E-state index in [0.29, 0.717) is 16.5 Å². The van der Waals surface area contributed by atoms with Crippen LogP contribution in [-0.4, -0.2) is 36.1 Å². The molecule has 2 aromatic carbocycles. The standard InChI is InChI=1S/C21H19ClN4O5/c1-11-6-15(4-5-16(11)22)31-19-17(23)18(24-10-25-19)26-14-8-12(20(27)29-2)7-13(9-14)21(28)30-3/h4-10H,23H2,1-3H3,(H,24,25,26). The van der Waals surface area contributed by atoms with Gasteiger partial charge in [-0.2, -0.15) is 4.98 Å². The van der Waals surface area contributed by atoms with Gasteiger partial charge in [-0.05, 0) is 48.9 Å². The number of ether oxygens (including phenoxy) is 3. The van der Waals surface area contributed by atoms with Gasteiger partial charge in [-0.25, -0.2) is 14.6 Å². The first-order valence-electron chi connectivity index (χ1n) is 8.95. The minimum Gasteiger partial charge on any atom is -0.465 e. The largest absolute Gasteiger partial charge is 0.465 e. The van der Waals surface area contributed by atoms with E-state index in [-0.39, 0.29) is 28.5 Å². The van der Waals surface area contributed by atoms with Crippen LogP contribution >= 0.6 is 11.6 Å². The van der Waals surface area contributed by atoms with E-state index in [2.05, 4.69) is 15.3 Å². The number of carbonyl (C=O) groups excluding carboxylic acids is 2. The zero-order valence-corrected chi connectivity index (χ0v) is 17.7. The summed E-state index contributed by atoms with van der Waals surface area (Å²) in [5, 5.41) is 3.57. The Labute approximate surface area is 183 Å². The molecule has 0 fully saturated rings. The molecule has 3 aromatic rings. The van der Waals surface area contributed by atoms with Crippen LogP contribution in [0.5, 0.6) is 11.6 Å². The number of benzene rings is 2. The SMILES string of the molecule is COC(=O)c1cc(Nc2ncnc(Oc3ccc(Cl)c(C)c3)c2N)cc(C(=O)OC)c1. The molecule has 31 heavy (non-hydrogen) atoms. The lowest BCUT2D eigenvalue weighted by Crippen LogP contribution is -2.09. The van der Waals surface area contributed by atoms with E-state index in [1.807, 2.05) is 6.92 Å². The van der Waals surface area contributed by atoms with Crippen LogP contribution in [0.4, 0.5) is 17.2 Å². The summed E-state index contributed by atoms with van der Waals surface area (Å²) in [6.07, 6.45) is 1.27. The summed E-state index contributed by atoms with van der Waals surface area (Å²) in [5.41, 5.74) is 7.79. The van der Waals surface area contributed by atoms with E-state index in [4.69, 9.17) is 31.5 Å². The predicted octanol–water partition coefficient (Wildman–Crippen LogP) is 4.13. The van der Waals surface area contributed by atoms with Crippen molar-refractivity contribution in [3.63, 3.8) is 0 Å². The minimum atomic E-state index is -0.619. The van der Waals surface area contributed by atoms with Gasteiger partial charge in [0.1, 0.15) is 17.8 Å². The number of anilines is 3. The van der Waals surface area contributed by atoms with Crippen molar-refractivity contribution >= 4 is 40.7 Å². The second kappa shape index (κ2) is 9.31. The number of esters is 2. The van der Waals surface area contributed by atoms with E-state index in [0.717, 1.165) is 5.56 Å². The third-order valence-electron chi connectivity index (χ3n) is 4.23. The van der Waals surface area contributed by atoms with Gasteiger partial charge >= 0.3 is 11.9 Å². The number of nitrogens with two attached hydrogens (primary N) is 1. The second-order valence-corrected chi connectivity index (χ2v) is 6.77. The average molecular weight is 443 g/mol. The Balaban J connectivity index is 1.93. The maximum atomic E-state index is 12.0. The fourth-order valence-corrected chi connectivity index (χ4v) is 2.78. The Hall–Kier alpha value is -3.85. The van der Waals surface area contributed by atoms with Crippen molar-refractivity contribution in [1.82, 2.24) is 9.97 Å². The maximum Gasteiger partial charge on any atom is 0.337 e. The van der Waals surface area contributed by atoms with Gasteiger partial charge in [0.05, 0.1) is 25.3 Å². The van der Waals surface area contributed by atoms with Gasteiger partial charge in [-0.3, -0.25) is 0 Å². The maximum absolute atomic E-state index is 12.0. The van der Waals surface area contributed by atoms with Crippen LogP contribution in [0.2, 0.25) is 5.02 Å². The molecule has 160 valence electrons. The molecule has 0 aliphatic rings. The molecule has 0 saturated carbocycles. The monoisotopic (exact) mass is 442 g/mol. The van der Waals surface area contributed by atoms with Gasteiger partial charge < -0.3 is 25.3 Å². The molecule has 3 N–H and O–H groups in total. The Morgan fingerprint density at radius 1 is 1.00 bits per heavy atom. The van der Waals surface area contributed by atoms with Crippen LogP contribution in [-0.2, 0) is 9.47 Å². The van der Waals surface area contributed by atoms with E-state index >= 15 is 0 Å². The average Bonchev–Trinajstić information content (AvgIpc) is 2.77. The normalized spacial score (nSPS) is 10.3. The van der Waals surface area contributed by atoms with Gasteiger partial charge in [0, 0.05) is 10.7 Å². The molecule has 1 heterocycles. The number of aryl methyl sites for hydroxylation is 1. The molecular weight excluding hydrogens is 424 g/mol. The topological polar surface area (TPSA) is 126 Å². The summed E-state index contributed by atoms with van der Waals surface area (Å²) in [6.45, 7) is 1.85. The summed E-state index contributed by atoms with van der Waals surface area (Å²) in [6, 6.07) is 9.48. The number of methoxy groups -OCH3 is 2. The van der Waals surface area contributed by atoms with Crippen molar-refractivity contribution < 1.29 is 23.8 Å². The molecule has 10 heteroatoms. The lowest BCUT2D eigenvalue weighted by Gasteiger charge is -2.13. The zero-order valence-electron chi connectivity index (χ0n) is 16.9. The van der Waals surface area contributed by atoms with Crippen LogP contribution < -0.4 is 15.8 Å². The first-order chi connectivity index (χ1) is 14.8. The molecule has 0 saturated heterocycles. The highest BCUT2D eigenvalue weighted by Gasteiger charge is 2.16. The minimum absolute atomic E-state index is 0.122. The number of nitrogens with zero attached hydrogens (tertiary/aromatic N) is 2. The quantitative estimate of drug-likeness (QED) is 0.541. The molecule has 0 spiro atoms. The molecule has 0 amide bonds. The third-order valence-corrected chi connectivity index (χ3v) is 4.65. The highest BCUT2D eigenvalue weighted by molar-refractivity contribution is 6.31. The summed E-state index contributed by atoms with van der Waals surface area (Å²) in [5.74, 6) is -0.401. The summed E-state index contributed by atoms with van der Waals surface area (Å²) < 4.78 is 15.2. The van der Waals surface area contributed by atoms with Crippen molar-refractivity contribution in [2.75, 3.05) is 25.3 Å². The molecule has 0 radical (unpaired) electrons. The molecule has 0 aliphatic heterocycles. The Morgan fingerprint density at radius 2 is 1.65 bits per heavy atom.